The molecular weight excluding hydrogens is 200 g/mol. The zero-order valence-electron chi connectivity index (χ0n) is 7.70. The van der Waals surface area contributed by atoms with Gasteiger partial charge in [-0.15, -0.1) is 0 Å². The molecule has 76 valence electrons. The van der Waals surface area contributed by atoms with E-state index >= 15 is 0 Å². The summed E-state index contributed by atoms with van der Waals surface area (Å²) in [5.74, 6) is 0.0580. The molecule has 3 nitrogen and oxygen atoms in total. The molecule has 0 amide bonds. The highest BCUT2D eigenvalue weighted by Gasteiger charge is 2.03. The summed E-state index contributed by atoms with van der Waals surface area (Å²) in [4.78, 5) is 0. The van der Waals surface area contributed by atoms with Gasteiger partial charge in [-0.3, -0.25) is 0 Å². The third-order valence-corrected chi connectivity index (χ3v) is 1.98. The summed E-state index contributed by atoms with van der Waals surface area (Å²) < 4.78 is 0. The Balaban J connectivity index is 2.96. The minimum atomic E-state index is 0.0580. The monoisotopic (exact) mass is 212 g/mol. The van der Waals surface area contributed by atoms with Gasteiger partial charge in [0.25, 0.3) is 0 Å². The normalized spacial score (nSPS) is 11.0. The highest BCUT2D eigenvalue weighted by Crippen LogP contribution is 2.29. The first kappa shape index (κ1) is 10.9. The molecule has 1 rings (SSSR count). The smallest absolute Gasteiger partial charge is 0.145 e. The largest absolute Gasteiger partial charge is 0.505 e. The van der Waals surface area contributed by atoms with E-state index in [1.165, 1.54) is 6.07 Å². The molecule has 0 saturated carbocycles. The molecule has 0 aliphatic heterocycles. The van der Waals surface area contributed by atoms with E-state index in [1.807, 2.05) is 6.08 Å². The second-order valence-corrected chi connectivity index (χ2v) is 3.35. The van der Waals surface area contributed by atoms with Crippen LogP contribution in [0.1, 0.15) is 12.0 Å². The predicted molar refractivity (Wildman–Crippen MR) is 60.2 cm³/mol. The number of anilines is 1. The zero-order valence-corrected chi connectivity index (χ0v) is 8.46. The number of benzene rings is 1. The van der Waals surface area contributed by atoms with Gasteiger partial charge in [-0.05, 0) is 25.1 Å². The summed E-state index contributed by atoms with van der Waals surface area (Å²) in [6.07, 6.45) is 4.38. The molecule has 1 aromatic rings. The molecule has 0 unspecified atom stereocenters. The number of hydrogen-bond donors (Lipinski definition) is 3. The van der Waals surface area contributed by atoms with Crippen molar-refractivity contribution >= 4 is 23.4 Å². The van der Waals surface area contributed by atoms with Crippen molar-refractivity contribution in [3.05, 3.63) is 28.8 Å². The molecule has 0 fully saturated rings. The maximum Gasteiger partial charge on any atom is 0.145 e. The molecule has 0 aromatic heterocycles. The molecule has 0 radical (unpaired) electrons. The maximum absolute atomic E-state index is 9.56. The first-order chi connectivity index (χ1) is 6.65. The number of nitrogens with two attached hydrogens (primary N) is 2. The Morgan fingerprint density at radius 1 is 1.43 bits per heavy atom. The summed E-state index contributed by atoms with van der Waals surface area (Å²) >= 11 is 5.79. The van der Waals surface area contributed by atoms with Crippen molar-refractivity contribution in [1.29, 1.82) is 0 Å². The number of hydrogen-bond acceptors (Lipinski definition) is 3. The third-order valence-electron chi connectivity index (χ3n) is 1.76. The summed E-state index contributed by atoms with van der Waals surface area (Å²) in [6, 6.07) is 3.16. The van der Waals surface area contributed by atoms with E-state index in [0.29, 0.717) is 17.1 Å². The SMILES string of the molecule is NCCC=Cc1cc(Cl)cc(N)c1O. The molecule has 1 aromatic carbocycles. The van der Waals surface area contributed by atoms with Gasteiger partial charge < -0.3 is 16.6 Å². The lowest BCUT2D eigenvalue weighted by atomic mass is 10.1. The van der Waals surface area contributed by atoms with Gasteiger partial charge in [-0.1, -0.05) is 23.8 Å². The van der Waals surface area contributed by atoms with Crippen LogP contribution in [-0.2, 0) is 0 Å². The van der Waals surface area contributed by atoms with Gasteiger partial charge in [0.2, 0.25) is 0 Å². The van der Waals surface area contributed by atoms with E-state index < -0.39 is 0 Å². The van der Waals surface area contributed by atoms with E-state index in [-0.39, 0.29) is 11.4 Å². The van der Waals surface area contributed by atoms with Crippen molar-refractivity contribution in [3.63, 3.8) is 0 Å². The van der Waals surface area contributed by atoms with E-state index in [9.17, 15) is 5.11 Å². The fraction of sp³-hybridized carbons (Fsp3) is 0.200. The first-order valence-electron chi connectivity index (χ1n) is 4.29. The average molecular weight is 213 g/mol. The van der Waals surface area contributed by atoms with Gasteiger partial charge in [0.15, 0.2) is 0 Å². The van der Waals surface area contributed by atoms with Crippen molar-refractivity contribution in [2.75, 3.05) is 12.3 Å². The van der Waals surface area contributed by atoms with Gasteiger partial charge in [-0.25, -0.2) is 0 Å². The highest BCUT2D eigenvalue weighted by molar-refractivity contribution is 6.31. The van der Waals surface area contributed by atoms with Crippen LogP contribution < -0.4 is 11.5 Å². The topological polar surface area (TPSA) is 72.3 Å². The van der Waals surface area contributed by atoms with Gasteiger partial charge in [0.1, 0.15) is 5.75 Å². The summed E-state index contributed by atoms with van der Waals surface area (Å²) in [6.45, 7) is 0.577. The quantitative estimate of drug-likeness (QED) is 0.530. The molecule has 5 N–H and O–H groups in total. The Kier molecular flexibility index (Phi) is 3.80. The fourth-order valence-corrected chi connectivity index (χ4v) is 1.31. The lowest BCUT2D eigenvalue weighted by Gasteiger charge is -2.03. The first-order valence-corrected chi connectivity index (χ1v) is 4.67. The van der Waals surface area contributed by atoms with E-state index in [2.05, 4.69) is 0 Å². The van der Waals surface area contributed by atoms with Crippen molar-refractivity contribution in [2.45, 2.75) is 6.42 Å². The Morgan fingerprint density at radius 3 is 2.79 bits per heavy atom. The van der Waals surface area contributed by atoms with Crippen molar-refractivity contribution in [3.8, 4) is 5.75 Å². The average Bonchev–Trinajstić information content (AvgIpc) is 2.13. The van der Waals surface area contributed by atoms with Gasteiger partial charge >= 0.3 is 0 Å². The van der Waals surface area contributed by atoms with Crippen LogP contribution in [0.2, 0.25) is 5.02 Å². The summed E-state index contributed by atoms with van der Waals surface area (Å²) in [5, 5.41) is 10.1. The van der Waals surface area contributed by atoms with Crippen LogP contribution >= 0.6 is 11.6 Å². The number of halogens is 1. The lowest BCUT2D eigenvalue weighted by Crippen LogP contribution is -1.95. The molecule has 0 heterocycles. The fourth-order valence-electron chi connectivity index (χ4n) is 1.08. The molecule has 4 heteroatoms. The summed E-state index contributed by atoms with van der Waals surface area (Å²) in [7, 11) is 0. The Hall–Kier alpha value is -1.19. The maximum atomic E-state index is 9.56. The van der Waals surface area contributed by atoms with Crippen LogP contribution in [0.4, 0.5) is 5.69 Å². The number of aromatic hydroxyl groups is 1. The molecule has 14 heavy (non-hydrogen) atoms. The zero-order chi connectivity index (χ0) is 10.6. The molecule has 0 aliphatic rings. The minimum absolute atomic E-state index is 0.0580. The van der Waals surface area contributed by atoms with Gasteiger partial charge in [0.05, 0.1) is 5.69 Å². The molecule has 0 atom stereocenters. The Bertz CT molecular complexity index is 350. The van der Waals surface area contributed by atoms with Crippen LogP contribution in [0, 0.1) is 0 Å². The molecule has 0 spiro atoms. The van der Waals surface area contributed by atoms with Crippen LogP contribution in [0.25, 0.3) is 6.08 Å². The molecule has 0 saturated heterocycles. The molecular formula is C10H13ClN2O. The van der Waals surface area contributed by atoms with Crippen LogP contribution in [0.3, 0.4) is 0 Å². The minimum Gasteiger partial charge on any atom is -0.505 e. The number of nitrogen functional groups attached to an aromatic ring is 1. The standard InChI is InChI=1S/C10H13ClN2O/c11-8-5-7(3-1-2-4-12)10(14)9(13)6-8/h1,3,5-6,14H,2,4,12-13H2. The van der Waals surface area contributed by atoms with E-state index in [4.69, 9.17) is 23.1 Å². The number of rotatable bonds is 3. The van der Waals surface area contributed by atoms with E-state index in [0.717, 1.165) is 6.42 Å². The van der Waals surface area contributed by atoms with Crippen molar-refractivity contribution < 1.29 is 5.11 Å². The Morgan fingerprint density at radius 2 is 2.14 bits per heavy atom. The lowest BCUT2D eigenvalue weighted by molar-refractivity contribution is 0.476. The third kappa shape index (κ3) is 2.65. The second-order valence-electron chi connectivity index (χ2n) is 2.91. The number of phenols is 1. The summed E-state index contributed by atoms with van der Waals surface area (Å²) in [5.41, 5.74) is 11.8. The highest BCUT2D eigenvalue weighted by atomic mass is 35.5. The van der Waals surface area contributed by atoms with Crippen LogP contribution in [0.15, 0.2) is 18.2 Å². The predicted octanol–water partition coefficient (Wildman–Crippen LogP) is 1.99. The Labute approximate surface area is 88.0 Å². The van der Waals surface area contributed by atoms with Crippen molar-refractivity contribution in [1.82, 2.24) is 0 Å². The van der Waals surface area contributed by atoms with E-state index in [1.54, 1.807) is 12.1 Å². The molecule has 0 bridgehead atoms. The molecule has 0 aliphatic carbocycles. The van der Waals surface area contributed by atoms with Crippen LogP contribution in [0.5, 0.6) is 5.75 Å². The second kappa shape index (κ2) is 4.88. The number of phenolic OH excluding ortho intramolecular Hbond substituents is 1. The van der Waals surface area contributed by atoms with Gasteiger partial charge in [-0.2, -0.15) is 0 Å². The van der Waals surface area contributed by atoms with Crippen LogP contribution in [-0.4, -0.2) is 11.7 Å². The van der Waals surface area contributed by atoms with Gasteiger partial charge in [0, 0.05) is 10.6 Å². The van der Waals surface area contributed by atoms with Crippen molar-refractivity contribution in [2.24, 2.45) is 5.73 Å².